The van der Waals surface area contributed by atoms with E-state index in [0.717, 1.165) is 77.0 Å². The smallest absolute Gasteiger partial charge is 0.462 e. The molecule has 0 saturated heterocycles. The number of nitrogens with two attached hydrogens (primary N) is 1. The highest BCUT2D eigenvalue weighted by atomic mass is 31.2. The third-order valence-corrected chi connectivity index (χ3v) is 10.9. The second kappa shape index (κ2) is 49.1. The van der Waals surface area contributed by atoms with Crippen LogP contribution in [0.1, 0.15) is 187 Å². The highest BCUT2D eigenvalue weighted by molar-refractivity contribution is 7.47. The molecule has 0 aromatic heterocycles. The van der Waals surface area contributed by atoms with Crippen LogP contribution in [0.5, 0.6) is 0 Å². The van der Waals surface area contributed by atoms with E-state index in [1.165, 1.54) is 70.6 Å². The minimum absolute atomic E-state index is 0.0393. The fourth-order valence-corrected chi connectivity index (χ4v) is 7.05. The fourth-order valence-electron chi connectivity index (χ4n) is 6.28. The number of carbonyl (C=O) groups excluding carboxylic acids is 2. The minimum Gasteiger partial charge on any atom is -0.462 e. The van der Waals surface area contributed by atoms with Crippen LogP contribution >= 0.6 is 7.82 Å². The molecule has 10 heteroatoms. The Morgan fingerprint density at radius 2 is 0.859 bits per heavy atom. The van der Waals surface area contributed by atoms with E-state index in [2.05, 4.69) is 117 Å². The number of carbonyl (C=O) groups is 2. The first-order valence-electron chi connectivity index (χ1n) is 24.9. The molecule has 364 valence electrons. The van der Waals surface area contributed by atoms with Gasteiger partial charge in [-0.15, -0.1) is 0 Å². The third-order valence-electron chi connectivity index (χ3n) is 9.92. The molecule has 0 aromatic rings. The van der Waals surface area contributed by atoms with Crippen molar-refractivity contribution in [2.45, 2.75) is 193 Å². The first kappa shape index (κ1) is 60.7. The van der Waals surface area contributed by atoms with Crippen molar-refractivity contribution in [1.29, 1.82) is 0 Å². The van der Waals surface area contributed by atoms with Gasteiger partial charge in [-0.05, 0) is 77.0 Å². The number of phosphoric ester groups is 1. The van der Waals surface area contributed by atoms with Crippen LogP contribution in [0, 0.1) is 0 Å². The number of esters is 2. The van der Waals surface area contributed by atoms with Gasteiger partial charge >= 0.3 is 19.8 Å². The molecule has 0 radical (unpaired) electrons. The Morgan fingerprint density at radius 1 is 0.484 bits per heavy atom. The van der Waals surface area contributed by atoms with Crippen molar-refractivity contribution in [3.05, 3.63) is 109 Å². The zero-order valence-corrected chi connectivity index (χ0v) is 41.1. The summed E-state index contributed by atoms with van der Waals surface area (Å²) >= 11 is 0. The Hall–Kier alpha value is -3.33. The van der Waals surface area contributed by atoms with Crippen molar-refractivity contribution in [1.82, 2.24) is 0 Å². The Morgan fingerprint density at radius 3 is 1.27 bits per heavy atom. The lowest BCUT2D eigenvalue weighted by molar-refractivity contribution is -0.161. The van der Waals surface area contributed by atoms with Crippen molar-refractivity contribution in [2.75, 3.05) is 26.4 Å². The summed E-state index contributed by atoms with van der Waals surface area (Å²) in [5.74, 6) is -0.904. The molecule has 0 aliphatic heterocycles. The molecule has 0 spiro atoms. The maximum atomic E-state index is 12.6. The summed E-state index contributed by atoms with van der Waals surface area (Å²) in [7, 11) is -4.40. The molecule has 0 amide bonds. The summed E-state index contributed by atoms with van der Waals surface area (Å²) in [4.78, 5) is 35.0. The molecule has 0 aromatic carbocycles. The Kier molecular flexibility index (Phi) is 46.6. The lowest BCUT2D eigenvalue weighted by Crippen LogP contribution is -2.29. The standard InChI is InChI=1S/C54H90NO8P/c1-3-5-7-9-11-13-15-17-19-20-21-22-23-24-25-26-27-28-29-30-31-32-33-35-37-39-41-43-45-47-54(57)63-52(51-62-64(58,59)61-49-48-55)50-60-53(56)46-44-42-40-38-36-34-18-16-14-12-10-8-6-4-2/h5,7,11,13,17,19,21-22,24-25,27-28,30-31,33,35,39,41,52H,3-4,6,8-10,12,14-16,18,20,23,26,29,32,34,36-38,40,42-51,55H2,1-2H3,(H,58,59)/b7-5-,13-11-,19-17-,22-21-,25-24-,28-27-,31-30-,35-33-,41-39-. The van der Waals surface area contributed by atoms with E-state index in [4.69, 9.17) is 24.3 Å². The third kappa shape index (κ3) is 48.1. The van der Waals surface area contributed by atoms with Crippen molar-refractivity contribution >= 4 is 19.8 Å². The van der Waals surface area contributed by atoms with Crippen molar-refractivity contribution < 1.29 is 37.6 Å². The highest BCUT2D eigenvalue weighted by Crippen LogP contribution is 2.43. The van der Waals surface area contributed by atoms with Gasteiger partial charge in [0.25, 0.3) is 0 Å². The predicted octanol–water partition coefficient (Wildman–Crippen LogP) is 15.1. The van der Waals surface area contributed by atoms with Gasteiger partial charge in [0.1, 0.15) is 6.61 Å². The summed E-state index contributed by atoms with van der Waals surface area (Å²) in [6, 6.07) is 0. The van der Waals surface area contributed by atoms with Crippen molar-refractivity contribution in [2.24, 2.45) is 5.73 Å². The number of hydrogen-bond acceptors (Lipinski definition) is 8. The van der Waals surface area contributed by atoms with Crippen LogP contribution in [0.3, 0.4) is 0 Å². The zero-order valence-electron chi connectivity index (χ0n) is 40.2. The van der Waals surface area contributed by atoms with Gasteiger partial charge in [-0.1, -0.05) is 207 Å². The Labute approximate surface area is 390 Å². The molecule has 64 heavy (non-hydrogen) atoms. The van der Waals surface area contributed by atoms with Crippen LogP contribution < -0.4 is 5.73 Å². The summed E-state index contributed by atoms with van der Waals surface area (Å²) in [5, 5.41) is 0. The molecule has 2 unspecified atom stereocenters. The Balaban J connectivity index is 4.21. The molecule has 0 fully saturated rings. The van der Waals surface area contributed by atoms with Gasteiger partial charge in [-0.3, -0.25) is 18.6 Å². The summed E-state index contributed by atoms with van der Waals surface area (Å²) in [6.45, 7) is 3.54. The number of allylic oxidation sites excluding steroid dienone is 18. The predicted molar refractivity (Wildman–Crippen MR) is 270 cm³/mol. The van der Waals surface area contributed by atoms with Crippen LogP contribution in [0.25, 0.3) is 0 Å². The topological polar surface area (TPSA) is 134 Å². The van der Waals surface area contributed by atoms with Gasteiger partial charge in [-0.25, -0.2) is 4.57 Å². The molecule has 2 atom stereocenters. The molecule has 9 nitrogen and oxygen atoms in total. The number of hydrogen-bond donors (Lipinski definition) is 2. The summed E-state index contributed by atoms with van der Waals surface area (Å²) in [6.07, 6.45) is 65.6. The monoisotopic (exact) mass is 912 g/mol. The van der Waals surface area contributed by atoms with Crippen molar-refractivity contribution in [3.8, 4) is 0 Å². The largest absolute Gasteiger partial charge is 0.472 e. The van der Waals surface area contributed by atoms with E-state index >= 15 is 0 Å². The van der Waals surface area contributed by atoms with Crippen LogP contribution in [0.2, 0.25) is 0 Å². The van der Waals surface area contributed by atoms with Gasteiger partial charge in [0.15, 0.2) is 6.10 Å². The SMILES string of the molecule is CC/C=C\C/C=C\C/C=C\C/C=C\C/C=C\C/C=C\C/C=C\C/C=C\C/C=C\CCCC(=O)OC(COC(=O)CCCCCCCCCCCCCCCC)COP(=O)(O)OCCN. The maximum Gasteiger partial charge on any atom is 0.472 e. The van der Waals surface area contributed by atoms with Gasteiger partial charge in [-0.2, -0.15) is 0 Å². The molecule has 0 bridgehead atoms. The summed E-state index contributed by atoms with van der Waals surface area (Å²) in [5.41, 5.74) is 5.35. The number of phosphoric acid groups is 1. The summed E-state index contributed by atoms with van der Waals surface area (Å²) < 4.78 is 32.8. The molecular formula is C54H90NO8P. The number of ether oxygens (including phenoxy) is 2. The van der Waals surface area contributed by atoms with Crippen LogP contribution in [0.4, 0.5) is 0 Å². The van der Waals surface area contributed by atoms with Gasteiger partial charge in [0, 0.05) is 19.4 Å². The average molecular weight is 912 g/mol. The zero-order chi connectivity index (χ0) is 46.7. The van der Waals surface area contributed by atoms with E-state index in [1.54, 1.807) is 0 Å². The van der Waals surface area contributed by atoms with Crippen LogP contribution in [-0.2, 0) is 32.7 Å². The number of unbranched alkanes of at least 4 members (excludes halogenated alkanes) is 14. The lowest BCUT2D eigenvalue weighted by atomic mass is 10.0. The van der Waals surface area contributed by atoms with Gasteiger partial charge in [0.05, 0.1) is 13.2 Å². The molecule has 0 heterocycles. The molecule has 3 N–H and O–H groups in total. The molecule has 0 saturated carbocycles. The second-order valence-electron chi connectivity index (χ2n) is 16.0. The highest BCUT2D eigenvalue weighted by Gasteiger charge is 2.26. The second-order valence-corrected chi connectivity index (χ2v) is 17.4. The first-order chi connectivity index (χ1) is 31.3. The van der Waals surface area contributed by atoms with E-state index in [0.29, 0.717) is 12.8 Å². The minimum atomic E-state index is -4.40. The molecule has 0 aliphatic carbocycles. The van der Waals surface area contributed by atoms with E-state index < -0.39 is 32.5 Å². The van der Waals surface area contributed by atoms with Crippen LogP contribution in [0.15, 0.2) is 109 Å². The van der Waals surface area contributed by atoms with E-state index in [-0.39, 0.29) is 32.6 Å². The quantitative estimate of drug-likeness (QED) is 0.0265. The molecular weight excluding hydrogens is 822 g/mol. The number of rotatable bonds is 45. The fraction of sp³-hybridized carbons (Fsp3) is 0.630. The molecule has 0 rings (SSSR count). The maximum absolute atomic E-state index is 12.6. The Bertz CT molecular complexity index is 1410. The van der Waals surface area contributed by atoms with E-state index in [9.17, 15) is 19.0 Å². The molecule has 0 aliphatic rings. The average Bonchev–Trinajstić information content (AvgIpc) is 3.28. The van der Waals surface area contributed by atoms with E-state index in [1.807, 2.05) is 6.08 Å². The normalized spacial score (nSPS) is 14.1. The van der Waals surface area contributed by atoms with Crippen LogP contribution in [-0.4, -0.2) is 49.3 Å². The lowest BCUT2D eigenvalue weighted by Gasteiger charge is -2.19. The first-order valence-corrected chi connectivity index (χ1v) is 26.4. The van der Waals surface area contributed by atoms with Gasteiger partial charge in [0.2, 0.25) is 0 Å². The van der Waals surface area contributed by atoms with Gasteiger partial charge < -0.3 is 20.1 Å². The van der Waals surface area contributed by atoms with Crippen molar-refractivity contribution in [3.63, 3.8) is 0 Å².